The van der Waals surface area contributed by atoms with Gasteiger partial charge >= 0.3 is 0 Å². The highest BCUT2D eigenvalue weighted by atomic mass is 35.5. The summed E-state index contributed by atoms with van der Waals surface area (Å²) in [5.74, 6) is 1.04. The molecule has 12 heavy (non-hydrogen) atoms. The van der Waals surface area contributed by atoms with Gasteiger partial charge in [0.2, 0.25) is 0 Å². The topological polar surface area (TPSA) is 0 Å². The van der Waals surface area contributed by atoms with Crippen molar-refractivity contribution in [1.29, 1.82) is 0 Å². The molecule has 0 aliphatic carbocycles. The maximum Gasteiger partial charge on any atom is 0.0474 e. The molecule has 0 aromatic heterocycles. The molecule has 0 aliphatic rings. The van der Waals surface area contributed by atoms with Crippen molar-refractivity contribution >= 4 is 29.3 Å². The van der Waals surface area contributed by atoms with Crippen molar-refractivity contribution in [3.8, 4) is 0 Å². The largest absolute Gasteiger partial charge is 0.122 e. The van der Waals surface area contributed by atoms with Crippen molar-refractivity contribution in [3.63, 3.8) is 0 Å². The maximum absolute atomic E-state index is 5.71. The zero-order valence-electron chi connectivity index (χ0n) is 6.69. The van der Waals surface area contributed by atoms with Gasteiger partial charge in [0.15, 0.2) is 0 Å². The second kappa shape index (κ2) is 4.54. The Balaban J connectivity index is 3.09. The summed E-state index contributed by atoms with van der Waals surface area (Å²) in [7, 11) is 0. The summed E-state index contributed by atoms with van der Waals surface area (Å²) in [6, 6.07) is 6.03. The van der Waals surface area contributed by atoms with E-state index in [1.165, 1.54) is 0 Å². The molecule has 0 atom stereocenters. The molecule has 0 fully saturated rings. The summed E-state index contributed by atoms with van der Waals surface area (Å²) < 4.78 is 0. The van der Waals surface area contributed by atoms with Gasteiger partial charge in [0.1, 0.15) is 0 Å². The molecule has 1 aromatic carbocycles. The number of hydrogen-bond acceptors (Lipinski definition) is 0. The van der Waals surface area contributed by atoms with E-state index in [4.69, 9.17) is 23.2 Å². The van der Waals surface area contributed by atoms with Crippen LogP contribution in [0.2, 0.25) is 0 Å². The Morgan fingerprint density at radius 2 is 1.58 bits per heavy atom. The Hall–Kier alpha value is -0.460. The van der Waals surface area contributed by atoms with Gasteiger partial charge in [-0.05, 0) is 16.7 Å². The molecule has 0 unspecified atom stereocenters. The van der Waals surface area contributed by atoms with Crippen LogP contribution in [0, 0.1) is 0 Å². The van der Waals surface area contributed by atoms with Gasteiger partial charge in [0, 0.05) is 11.8 Å². The van der Waals surface area contributed by atoms with E-state index < -0.39 is 0 Å². The number of alkyl halides is 2. The van der Waals surface area contributed by atoms with Crippen LogP contribution >= 0.6 is 23.2 Å². The predicted octanol–water partition coefficient (Wildman–Crippen LogP) is 3.81. The van der Waals surface area contributed by atoms with Crippen LogP contribution in [-0.4, -0.2) is 0 Å². The van der Waals surface area contributed by atoms with E-state index in [0.29, 0.717) is 11.8 Å². The van der Waals surface area contributed by atoms with Crippen LogP contribution in [0.15, 0.2) is 24.8 Å². The molecular weight excluding hydrogens is 191 g/mol. The van der Waals surface area contributed by atoms with E-state index in [2.05, 4.69) is 6.58 Å². The van der Waals surface area contributed by atoms with Crippen LogP contribution in [-0.2, 0) is 11.8 Å². The van der Waals surface area contributed by atoms with Crippen LogP contribution in [0.4, 0.5) is 0 Å². The fourth-order valence-corrected chi connectivity index (χ4v) is 1.37. The van der Waals surface area contributed by atoms with E-state index in [0.717, 1.165) is 16.7 Å². The molecule has 0 spiro atoms. The van der Waals surface area contributed by atoms with Gasteiger partial charge < -0.3 is 0 Å². The standard InChI is InChI=1S/C10H10Cl2/c1-2-8-3-9(6-11)5-10(4-8)7-12/h2-5H,1,6-7H2. The minimum Gasteiger partial charge on any atom is -0.122 e. The summed E-state index contributed by atoms with van der Waals surface area (Å²) in [4.78, 5) is 0. The van der Waals surface area contributed by atoms with E-state index in [1.807, 2.05) is 18.2 Å². The molecule has 2 heteroatoms. The highest BCUT2D eigenvalue weighted by Gasteiger charge is 1.96. The molecule has 1 aromatic rings. The molecule has 1 rings (SSSR count). The number of benzene rings is 1. The van der Waals surface area contributed by atoms with Crippen molar-refractivity contribution in [2.45, 2.75) is 11.8 Å². The highest BCUT2D eigenvalue weighted by Crippen LogP contribution is 2.14. The molecule has 0 saturated carbocycles. The predicted molar refractivity (Wildman–Crippen MR) is 55.6 cm³/mol. The van der Waals surface area contributed by atoms with Gasteiger partial charge in [-0.15, -0.1) is 23.2 Å². The third kappa shape index (κ3) is 2.26. The molecule has 0 radical (unpaired) electrons. The first kappa shape index (κ1) is 9.63. The Morgan fingerprint density at radius 1 is 1.08 bits per heavy atom. The summed E-state index contributed by atoms with van der Waals surface area (Å²) in [6.07, 6.45) is 1.80. The summed E-state index contributed by atoms with van der Waals surface area (Å²) in [6.45, 7) is 3.70. The average molecular weight is 201 g/mol. The first-order valence-electron chi connectivity index (χ1n) is 3.67. The molecule has 0 amide bonds. The lowest BCUT2D eigenvalue weighted by Gasteiger charge is -2.02. The van der Waals surface area contributed by atoms with Crippen molar-refractivity contribution in [1.82, 2.24) is 0 Å². The van der Waals surface area contributed by atoms with E-state index >= 15 is 0 Å². The molecule has 64 valence electrons. The van der Waals surface area contributed by atoms with Crippen LogP contribution < -0.4 is 0 Å². The number of rotatable bonds is 3. The Kier molecular flexibility index (Phi) is 3.64. The molecule has 0 heterocycles. The van der Waals surface area contributed by atoms with Crippen LogP contribution in [0.5, 0.6) is 0 Å². The van der Waals surface area contributed by atoms with Gasteiger partial charge in [0.05, 0.1) is 0 Å². The molecule has 0 bridgehead atoms. The lowest BCUT2D eigenvalue weighted by molar-refractivity contribution is 1.31. The molecule has 0 aliphatic heterocycles. The SMILES string of the molecule is C=Cc1cc(CCl)cc(CCl)c1. The van der Waals surface area contributed by atoms with Gasteiger partial charge in [-0.3, -0.25) is 0 Å². The number of halogens is 2. The normalized spacial score (nSPS) is 9.83. The first-order valence-corrected chi connectivity index (χ1v) is 4.74. The molecule has 0 nitrogen and oxygen atoms in total. The molecule has 0 saturated heterocycles. The zero-order chi connectivity index (χ0) is 8.97. The van der Waals surface area contributed by atoms with Gasteiger partial charge in [-0.1, -0.05) is 30.9 Å². The Morgan fingerprint density at radius 3 is 1.92 bits per heavy atom. The van der Waals surface area contributed by atoms with Crippen LogP contribution in [0.1, 0.15) is 16.7 Å². The first-order chi connectivity index (χ1) is 5.80. The van der Waals surface area contributed by atoms with Crippen LogP contribution in [0.25, 0.3) is 6.08 Å². The van der Waals surface area contributed by atoms with Crippen molar-refractivity contribution in [2.24, 2.45) is 0 Å². The minimum atomic E-state index is 0.519. The third-order valence-electron chi connectivity index (χ3n) is 1.62. The van der Waals surface area contributed by atoms with E-state index in [9.17, 15) is 0 Å². The lowest BCUT2D eigenvalue weighted by atomic mass is 10.1. The van der Waals surface area contributed by atoms with Crippen molar-refractivity contribution < 1.29 is 0 Å². The van der Waals surface area contributed by atoms with Crippen molar-refractivity contribution in [3.05, 3.63) is 41.5 Å². The second-order valence-corrected chi connectivity index (χ2v) is 3.09. The monoisotopic (exact) mass is 200 g/mol. The maximum atomic E-state index is 5.71. The van der Waals surface area contributed by atoms with Crippen molar-refractivity contribution in [2.75, 3.05) is 0 Å². The smallest absolute Gasteiger partial charge is 0.0474 e. The summed E-state index contributed by atoms with van der Waals surface area (Å²) in [5.41, 5.74) is 3.25. The van der Waals surface area contributed by atoms with Gasteiger partial charge in [0.25, 0.3) is 0 Å². The Bertz CT molecular complexity index is 257. The summed E-state index contributed by atoms with van der Waals surface area (Å²) in [5, 5.41) is 0. The third-order valence-corrected chi connectivity index (χ3v) is 2.24. The molecular formula is C10H10Cl2. The minimum absolute atomic E-state index is 0.519. The fraction of sp³-hybridized carbons (Fsp3) is 0.200. The quantitative estimate of drug-likeness (QED) is 0.652. The summed E-state index contributed by atoms with van der Waals surface area (Å²) >= 11 is 11.4. The van der Waals surface area contributed by atoms with Gasteiger partial charge in [-0.25, -0.2) is 0 Å². The van der Waals surface area contributed by atoms with Crippen LogP contribution in [0.3, 0.4) is 0 Å². The zero-order valence-corrected chi connectivity index (χ0v) is 8.20. The number of hydrogen-bond donors (Lipinski definition) is 0. The molecule has 0 N–H and O–H groups in total. The second-order valence-electron chi connectivity index (χ2n) is 2.55. The Labute approximate surface area is 82.8 Å². The highest BCUT2D eigenvalue weighted by molar-refractivity contribution is 6.17. The van der Waals surface area contributed by atoms with E-state index in [1.54, 1.807) is 6.08 Å². The average Bonchev–Trinajstić information content (AvgIpc) is 2.16. The lowest BCUT2D eigenvalue weighted by Crippen LogP contribution is -1.85. The van der Waals surface area contributed by atoms with E-state index in [-0.39, 0.29) is 0 Å². The van der Waals surface area contributed by atoms with Gasteiger partial charge in [-0.2, -0.15) is 0 Å². The fourth-order valence-electron chi connectivity index (χ4n) is 1.06.